The Labute approximate surface area is 111 Å². The molecular weight excluding hydrogens is 224 g/mol. The Kier molecular flexibility index (Phi) is 8.26. The van der Waals surface area contributed by atoms with Gasteiger partial charge in [0.1, 0.15) is 0 Å². The molecule has 1 rings (SSSR count). The molecular formula is C15H26N2O. The second kappa shape index (κ2) is 9.92. The van der Waals surface area contributed by atoms with E-state index in [9.17, 15) is 0 Å². The third-order valence-electron chi connectivity index (χ3n) is 3.09. The molecule has 0 aliphatic carbocycles. The van der Waals surface area contributed by atoms with Gasteiger partial charge in [-0.05, 0) is 37.9 Å². The summed E-state index contributed by atoms with van der Waals surface area (Å²) >= 11 is 0. The van der Waals surface area contributed by atoms with Crippen molar-refractivity contribution in [1.29, 1.82) is 0 Å². The van der Waals surface area contributed by atoms with Crippen molar-refractivity contribution >= 4 is 5.69 Å². The molecule has 0 saturated heterocycles. The fourth-order valence-electron chi connectivity index (χ4n) is 2.06. The maximum atomic E-state index is 8.74. The van der Waals surface area contributed by atoms with Gasteiger partial charge in [-0.1, -0.05) is 31.0 Å². The number of unbranched alkanes of at least 4 members (excludes halogenated alkanes) is 3. The van der Waals surface area contributed by atoms with Crippen LogP contribution in [0.2, 0.25) is 0 Å². The van der Waals surface area contributed by atoms with Crippen LogP contribution in [-0.2, 0) is 0 Å². The van der Waals surface area contributed by atoms with Gasteiger partial charge in [0.25, 0.3) is 0 Å². The lowest BCUT2D eigenvalue weighted by atomic mass is 10.2. The first-order chi connectivity index (χ1) is 8.88. The lowest BCUT2D eigenvalue weighted by Gasteiger charge is -2.24. The average Bonchev–Trinajstić information content (AvgIpc) is 2.43. The standard InChI is InChI=1S/C15H26N2O/c16-11-8-13-17(12-6-1-2-7-14-18)15-9-4-3-5-10-15/h3-5,9-10,18H,1-2,6-8,11-14,16H2. The van der Waals surface area contributed by atoms with Gasteiger partial charge in [-0.15, -0.1) is 0 Å². The number of aliphatic hydroxyl groups excluding tert-OH is 1. The molecule has 0 aliphatic rings. The minimum atomic E-state index is 0.315. The molecule has 0 radical (unpaired) electrons. The summed E-state index contributed by atoms with van der Waals surface area (Å²) in [7, 11) is 0. The molecule has 102 valence electrons. The quantitative estimate of drug-likeness (QED) is 0.627. The zero-order valence-corrected chi connectivity index (χ0v) is 11.2. The van der Waals surface area contributed by atoms with Crippen LogP contribution in [0.3, 0.4) is 0 Å². The van der Waals surface area contributed by atoms with Gasteiger partial charge in [-0.25, -0.2) is 0 Å². The normalized spacial score (nSPS) is 10.6. The van der Waals surface area contributed by atoms with E-state index >= 15 is 0 Å². The van der Waals surface area contributed by atoms with Crippen molar-refractivity contribution in [2.24, 2.45) is 5.73 Å². The second-order valence-corrected chi connectivity index (χ2v) is 4.60. The highest BCUT2D eigenvalue weighted by Crippen LogP contribution is 2.14. The van der Waals surface area contributed by atoms with Crippen LogP contribution in [0.1, 0.15) is 32.1 Å². The topological polar surface area (TPSA) is 49.5 Å². The van der Waals surface area contributed by atoms with Crippen LogP contribution in [0, 0.1) is 0 Å². The Hall–Kier alpha value is -1.06. The lowest BCUT2D eigenvalue weighted by Crippen LogP contribution is -2.27. The number of anilines is 1. The second-order valence-electron chi connectivity index (χ2n) is 4.60. The predicted octanol–water partition coefficient (Wildman–Crippen LogP) is 2.39. The number of hydrogen-bond acceptors (Lipinski definition) is 3. The van der Waals surface area contributed by atoms with E-state index in [-0.39, 0.29) is 0 Å². The van der Waals surface area contributed by atoms with E-state index in [4.69, 9.17) is 10.8 Å². The van der Waals surface area contributed by atoms with E-state index in [2.05, 4.69) is 29.2 Å². The minimum Gasteiger partial charge on any atom is -0.396 e. The third kappa shape index (κ3) is 6.03. The Balaban J connectivity index is 2.36. The predicted molar refractivity (Wildman–Crippen MR) is 77.9 cm³/mol. The smallest absolute Gasteiger partial charge is 0.0431 e. The van der Waals surface area contributed by atoms with Gasteiger partial charge in [0.05, 0.1) is 0 Å². The minimum absolute atomic E-state index is 0.315. The first-order valence-electron chi connectivity index (χ1n) is 6.99. The van der Waals surface area contributed by atoms with E-state index in [0.717, 1.165) is 38.9 Å². The van der Waals surface area contributed by atoms with E-state index in [1.165, 1.54) is 18.5 Å². The zero-order chi connectivity index (χ0) is 13.1. The SMILES string of the molecule is NCCCN(CCCCCCO)c1ccccc1. The van der Waals surface area contributed by atoms with E-state index in [1.807, 2.05) is 6.07 Å². The molecule has 1 aromatic rings. The number of nitrogens with zero attached hydrogens (tertiary/aromatic N) is 1. The monoisotopic (exact) mass is 250 g/mol. The number of nitrogens with two attached hydrogens (primary N) is 1. The Morgan fingerprint density at radius 2 is 1.56 bits per heavy atom. The highest BCUT2D eigenvalue weighted by Gasteiger charge is 2.04. The zero-order valence-electron chi connectivity index (χ0n) is 11.2. The molecule has 0 bridgehead atoms. The molecule has 1 aromatic carbocycles. The molecule has 0 unspecified atom stereocenters. The first kappa shape index (κ1) is 15.0. The highest BCUT2D eigenvalue weighted by molar-refractivity contribution is 5.45. The molecule has 0 heterocycles. The van der Waals surface area contributed by atoms with Crippen LogP contribution >= 0.6 is 0 Å². The third-order valence-corrected chi connectivity index (χ3v) is 3.09. The van der Waals surface area contributed by atoms with Crippen molar-refractivity contribution < 1.29 is 5.11 Å². The average molecular weight is 250 g/mol. The van der Waals surface area contributed by atoms with Crippen molar-refractivity contribution in [3.05, 3.63) is 30.3 Å². The van der Waals surface area contributed by atoms with Crippen LogP contribution in [0.25, 0.3) is 0 Å². The van der Waals surface area contributed by atoms with Crippen LogP contribution < -0.4 is 10.6 Å². The molecule has 0 amide bonds. The Morgan fingerprint density at radius 3 is 2.22 bits per heavy atom. The van der Waals surface area contributed by atoms with Gasteiger partial charge in [-0.3, -0.25) is 0 Å². The molecule has 0 spiro atoms. The fraction of sp³-hybridized carbons (Fsp3) is 0.600. The summed E-state index contributed by atoms with van der Waals surface area (Å²) in [5.41, 5.74) is 6.88. The Bertz CT molecular complexity index is 290. The van der Waals surface area contributed by atoms with Crippen LogP contribution in [0.4, 0.5) is 5.69 Å². The van der Waals surface area contributed by atoms with Crippen molar-refractivity contribution in [2.75, 3.05) is 31.1 Å². The van der Waals surface area contributed by atoms with E-state index < -0.39 is 0 Å². The largest absolute Gasteiger partial charge is 0.396 e. The van der Waals surface area contributed by atoms with Gasteiger partial charge in [0.2, 0.25) is 0 Å². The van der Waals surface area contributed by atoms with Crippen molar-refractivity contribution in [3.8, 4) is 0 Å². The van der Waals surface area contributed by atoms with Gasteiger partial charge < -0.3 is 15.7 Å². The van der Waals surface area contributed by atoms with Crippen LogP contribution in [0.15, 0.2) is 30.3 Å². The van der Waals surface area contributed by atoms with Crippen molar-refractivity contribution in [2.45, 2.75) is 32.1 Å². The lowest BCUT2D eigenvalue weighted by molar-refractivity contribution is 0.282. The molecule has 0 aromatic heterocycles. The molecule has 0 aliphatic heterocycles. The summed E-state index contributed by atoms with van der Waals surface area (Å²) in [6, 6.07) is 10.5. The summed E-state index contributed by atoms with van der Waals surface area (Å²) in [6.45, 7) is 3.17. The summed E-state index contributed by atoms with van der Waals surface area (Å²) in [5, 5.41) is 8.74. The number of benzene rings is 1. The molecule has 18 heavy (non-hydrogen) atoms. The van der Waals surface area contributed by atoms with Gasteiger partial charge in [0, 0.05) is 25.4 Å². The highest BCUT2D eigenvalue weighted by atomic mass is 16.2. The van der Waals surface area contributed by atoms with E-state index in [1.54, 1.807) is 0 Å². The Morgan fingerprint density at radius 1 is 0.889 bits per heavy atom. The van der Waals surface area contributed by atoms with Gasteiger partial charge in [0.15, 0.2) is 0 Å². The summed E-state index contributed by atoms with van der Waals surface area (Å²) in [6.07, 6.45) is 5.45. The fourth-order valence-corrected chi connectivity index (χ4v) is 2.06. The molecule has 3 N–H and O–H groups in total. The number of para-hydroxylation sites is 1. The summed E-state index contributed by atoms with van der Waals surface area (Å²) in [5.74, 6) is 0. The van der Waals surface area contributed by atoms with Crippen LogP contribution in [-0.4, -0.2) is 31.3 Å². The molecule has 3 heteroatoms. The van der Waals surface area contributed by atoms with E-state index in [0.29, 0.717) is 6.61 Å². The molecule has 0 atom stereocenters. The summed E-state index contributed by atoms with van der Waals surface area (Å²) in [4.78, 5) is 2.41. The van der Waals surface area contributed by atoms with Crippen molar-refractivity contribution in [3.63, 3.8) is 0 Å². The number of rotatable bonds is 10. The molecule has 3 nitrogen and oxygen atoms in total. The molecule has 0 saturated carbocycles. The molecule has 0 fully saturated rings. The van der Waals surface area contributed by atoms with Crippen molar-refractivity contribution in [1.82, 2.24) is 0 Å². The number of aliphatic hydroxyl groups is 1. The number of hydrogen-bond donors (Lipinski definition) is 2. The first-order valence-corrected chi connectivity index (χ1v) is 6.99. The van der Waals surface area contributed by atoms with Gasteiger partial charge in [-0.2, -0.15) is 0 Å². The summed E-state index contributed by atoms with van der Waals surface area (Å²) < 4.78 is 0. The van der Waals surface area contributed by atoms with Crippen LogP contribution in [0.5, 0.6) is 0 Å². The maximum absolute atomic E-state index is 8.74. The van der Waals surface area contributed by atoms with Gasteiger partial charge >= 0.3 is 0 Å². The maximum Gasteiger partial charge on any atom is 0.0431 e.